The molecule has 0 atom stereocenters. The minimum absolute atomic E-state index is 0.463. The van der Waals surface area contributed by atoms with E-state index in [2.05, 4.69) is 0 Å². The van der Waals surface area contributed by atoms with E-state index < -0.39 is 0 Å². The molecule has 2 heteroatoms. The smallest absolute Gasteiger partial charge is 0.179 e. The Balaban J connectivity index is 2.39. The van der Waals surface area contributed by atoms with Crippen LogP contribution < -0.4 is 5.46 Å². The Kier molecular flexibility index (Phi) is 1.19. The van der Waals surface area contributed by atoms with E-state index in [1.807, 2.05) is 18.2 Å². The van der Waals surface area contributed by atoms with Crippen LogP contribution in [-0.4, -0.2) is 11.8 Å². The number of rotatable bonds is 1. The topological polar surface area (TPSA) is 20.2 Å². The predicted molar refractivity (Wildman–Crippen MR) is 43.1 cm³/mol. The Hall–Kier alpha value is -0.915. The summed E-state index contributed by atoms with van der Waals surface area (Å²) in [6.07, 6.45) is 2.50. The molecule has 0 aliphatic carbocycles. The second-order valence-electron chi connectivity index (χ2n) is 2.83. The number of aromatic hydroxyl groups is 1. The third kappa shape index (κ3) is 0.899. The summed E-state index contributed by atoms with van der Waals surface area (Å²) >= 11 is 0. The molecule has 0 spiro atoms. The molecule has 0 aromatic heterocycles. The van der Waals surface area contributed by atoms with E-state index in [-0.39, 0.29) is 0 Å². The lowest BCUT2D eigenvalue weighted by molar-refractivity contribution is 0.479. The predicted octanol–water partition coefficient (Wildman–Crippen LogP) is 1.11. The molecule has 2 rings (SSSR count). The number of benzene rings is 1. The molecule has 1 N–H and O–H groups in total. The highest BCUT2D eigenvalue weighted by Gasteiger charge is 2.30. The Labute approximate surface area is 60.8 Å². The third-order valence-electron chi connectivity index (χ3n) is 1.95. The van der Waals surface area contributed by atoms with Crippen molar-refractivity contribution in [3.8, 4) is 5.75 Å². The molecule has 1 saturated heterocycles. The van der Waals surface area contributed by atoms with Crippen molar-refractivity contribution in [2.75, 3.05) is 0 Å². The van der Waals surface area contributed by atoms with E-state index in [1.165, 1.54) is 12.6 Å². The molecule has 0 unspecified atom stereocenters. The summed E-state index contributed by atoms with van der Waals surface area (Å²) < 4.78 is 0. The standard InChI is InChI=1S/C8H9BO/c10-8-4-2-1-3-7(8)9-5-6-9/h1-4,10H,5-6H2. The van der Waals surface area contributed by atoms with Crippen molar-refractivity contribution in [3.05, 3.63) is 24.3 Å². The van der Waals surface area contributed by atoms with E-state index in [0.717, 1.165) is 5.46 Å². The van der Waals surface area contributed by atoms with Gasteiger partial charge in [0.05, 0.1) is 0 Å². The summed E-state index contributed by atoms with van der Waals surface area (Å²) in [6.45, 7) is 0.654. The molecule has 50 valence electrons. The quantitative estimate of drug-likeness (QED) is 0.567. The maximum Gasteiger partial charge on any atom is 0.179 e. The fourth-order valence-electron chi connectivity index (χ4n) is 1.23. The van der Waals surface area contributed by atoms with Crippen LogP contribution in [-0.2, 0) is 0 Å². The molecule has 1 fully saturated rings. The van der Waals surface area contributed by atoms with E-state index in [9.17, 15) is 5.11 Å². The summed E-state index contributed by atoms with van der Waals surface area (Å²) in [5.74, 6) is 0.463. The summed E-state index contributed by atoms with van der Waals surface area (Å²) in [4.78, 5) is 0. The lowest BCUT2D eigenvalue weighted by atomic mass is 9.63. The lowest BCUT2D eigenvalue weighted by Gasteiger charge is -1.97. The number of hydrogen-bond acceptors (Lipinski definition) is 1. The fraction of sp³-hybridized carbons (Fsp3) is 0.250. The van der Waals surface area contributed by atoms with Crippen molar-refractivity contribution < 1.29 is 5.11 Å². The Bertz CT molecular complexity index is 243. The molecule has 1 aliphatic rings. The van der Waals surface area contributed by atoms with Gasteiger partial charge in [0.15, 0.2) is 6.71 Å². The second-order valence-corrected chi connectivity index (χ2v) is 2.83. The van der Waals surface area contributed by atoms with Gasteiger partial charge in [-0.05, 0) is 11.5 Å². The van der Waals surface area contributed by atoms with Crippen LogP contribution in [0, 0.1) is 0 Å². The molecule has 1 heterocycles. The molecular weight excluding hydrogens is 123 g/mol. The van der Waals surface area contributed by atoms with Crippen LogP contribution in [0.25, 0.3) is 0 Å². The van der Waals surface area contributed by atoms with Crippen LogP contribution in [0.4, 0.5) is 0 Å². The van der Waals surface area contributed by atoms with Crippen LogP contribution >= 0.6 is 0 Å². The van der Waals surface area contributed by atoms with Crippen LogP contribution in [0.1, 0.15) is 0 Å². The Morgan fingerprint density at radius 2 is 1.90 bits per heavy atom. The molecule has 10 heavy (non-hydrogen) atoms. The highest BCUT2D eigenvalue weighted by molar-refractivity contribution is 6.83. The normalized spacial score (nSPS) is 15.4. The van der Waals surface area contributed by atoms with Gasteiger partial charge in [-0.3, -0.25) is 0 Å². The molecule has 1 nitrogen and oxygen atoms in total. The zero-order valence-electron chi connectivity index (χ0n) is 5.75. The van der Waals surface area contributed by atoms with Crippen molar-refractivity contribution in [1.29, 1.82) is 0 Å². The first-order valence-electron chi connectivity index (χ1n) is 3.66. The zero-order chi connectivity index (χ0) is 6.97. The summed E-state index contributed by atoms with van der Waals surface area (Å²) in [6, 6.07) is 7.61. The first-order chi connectivity index (χ1) is 4.88. The molecule has 0 radical (unpaired) electrons. The summed E-state index contributed by atoms with van der Waals surface area (Å²) in [7, 11) is 0. The highest BCUT2D eigenvalue weighted by Crippen LogP contribution is 2.23. The van der Waals surface area contributed by atoms with Crippen LogP contribution in [0.15, 0.2) is 24.3 Å². The van der Waals surface area contributed by atoms with Crippen molar-refractivity contribution >= 4 is 12.2 Å². The lowest BCUT2D eigenvalue weighted by Crippen LogP contribution is -2.14. The molecular formula is C8H9BO. The second kappa shape index (κ2) is 2.05. The Morgan fingerprint density at radius 1 is 1.20 bits per heavy atom. The number of phenolic OH excluding ortho intramolecular Hbond substituents is 1. The van der Waals surface area contributed by atoms with Crippen LogP contribution in [0.2, 0.25) is 12.6 Å². The molecule has 0 amide bonds. The van der Waals surface area contributed by atoms with Crippen molar-refractivity contribution in [2.24, 2.45) is 0 Å². The average molecular weight is 132 g/mol. The van der Waals surface area contributed by atoms with Gasteiger partial charge in [0, 0.05) is 0 Å². The maximum atomic E-state index is 9.32. The highest BCUT2D eigenvalue weighted by atomic mass is 16.3. The van der Waals surface area contributed by atoms with Crippen molar-refractivity contribution in [3.63, 3.8) is 0 Å². The number of hydrogen-bond donors (Lipinski definition) is 1. The van der Waals surface area contributed by atoms with Crippen LogP contribution in [0.5, 0.6) is 5.75 Å². The first kappa shape index (κ1) is 5.84. The zero-order valence-corrected chi connectivity index (χ0v) is 5.75. The van der Waals surface area contributed by atoms with Gasteiger partial charge in [0.2, 0.25) is 0 Å². The van der Waals surface area contributed by atoms with Crippen molar-refractivity contribution in [2.45, 2.75) is 12.6 Å². The molecule has 0 bridgehead atoms. The van der Waals surface area contributed by atoms with E-state index in [4.69, 9.17) is 0 Å². The monoisotopic (exact) mass is 132 g/mol. The molecule has 1 aromatic rings. The van der Waals surface area contributed by atoms with Gasteiger partial charge in [-0.15, -0.1) is 0 Å². The van der Waals surface area contributed by atoms with Gasteiger partial charge in [0.1, 0.15) is 5.75 Å². The maximum absolute atomic E-state index is 9.32. The fourth-order valence-corrected chi connectivity index (χ4v) is 1.23. The largest absolute Gasteiger partial charge is 0.509 e. The molecule has 1 aromatic carbocycles. The van der Waals surface area contributed by atoms with Crippen molar-refractivity contribution in [1.82, 2.24) is 0 Å². The number of phenols is 1. The molecule has 1 aliphatic heterocycles. The first-order valence-corrected chi connectivity index (χ1v) is 3.66. The SMILES string of the molecule is Oc1ccccc1B1CC1. The van der Waals surface area contributed by atoms with Gasteiger partial charge in [-0.1, -0.05) is 30.8 Å². The molecule has 0 saturated carbocycles. The van der Waals surface area contributed by atoms with Gasteiger partial charge in [-0.2, -0.15) is 0 Å². The summed E-state index contributed by atoms with van der Waals surface area (Å²) in [5, 5.41) is 9.32. The van der Waals surface area contributed by atoms with Crippen LogP contribution in [0.3, 0.4) is 0 Å². The van der Waals surface area contributed by atoms with Gasteiger partial charge < -0.3 is 5.11 Å². The summed E-state index contributed by atoms with van der Waals surface area (Å²) in [5.41, 5.74) is 1.13. The van der Waals surface area contributed by atoms with E-state index in [0.29, 0.717) is 12.5 Å². The minimum Gasteiger partial charge on any atom is -0.509 e. The van der Waals surface area contributed by atoms with Gasteiger partial charge >= 0.3 is 0 Å². The average Bonchev–Trinajstić information content (AvgIpc) is 2.71. The Morgan fingerprint density at radius 3 is 2.50 bits per heavy atom. The third-order valence-corrected chi connectivity index (χ3v) is 1.95. The van der Waals surface area contributed by atoms with E-state index in [1.54, 1.807) is 6.07 Å². The van der Waals surface area contributed by atoms with E-state index >= 15 is 0 Å². The number of para-hydroxylation sites is 1. The van der Waals surface area contributed by atoms with Gasteiger partial charge in [0.25, 0.3) is 0 Å². The minimum atomic E-state index is 0.463. The van der Waals surface area contributed by atoms with Gasteiger partial charge in [-0.25, -0.2) is 0 Å².